The van der Waals surface area contributed by atoms with Crippen molar-refractivity contribution >= 4 is 11.0 Å². The average molecular weight is 386 g/mol. The third-order valence-electron chi connectivity index (χ3n) is 4.56. The van der Waals surface area contributed by atoms with Crippen molar-refractivity contribution in [1.29, 1.82) is 0 Å². The van der Waals surface area contributed by atoms with Crippen molar-refractivity contribution < 1.29 is 13.9 Å². The van der Waals surface area contributed by atoms with Crippen LogP contribution in [0.2, 0.25) is 0 Å². The van der Waals surface area contributed by atoms with E-state index in [1.54, 1.807) is 13.3 Å². The lowest BCUT2D eigenvalue weighted by molar-refractivity contribution is 0.340. The largest absolute Gasteiger partial charge is 0.497 e. The van der Waals surface area contributed by atoms with Crippen molar-refractivity contribution in [3.8, 4) is 22.8 Å². The van der Waals surface area contributed by atoms with Crippen LogP contribution >= 0.6 is 0 Å². The van der Waals surface area contributed by atoms with Gasteiger partial charge in [-0.25, -0.2) is 0 Å². The van der Waals surface area contributed by atoms with Crippen LogP contribution < -0.4 is 14.8 Å². The topological polar surface area (TPSA) is 56.9 Å². The molecule has 4 aromatic rings. The molecule has 0 aliphatic heterocycles. The van der Waals surface area contributed by atoms with Crippen LogP contribution in [0.5, 0.6) is 11.5 Å². The van der Waals surface area contributed by atoms with Gasteiger partial charge < -0.3 is 13.9 Å². The third-order valence-corrected chi connectivity index (χ3v) is 4.56. The van der Waals surface area contributed by atoms with Gasteiger partial charge in [-0.05, 0) is 61.0 Å². The second kappa shape index (κ2) is 8.61. The highest BCUT2D eigenvalue weighted by Crippen LogP contribution is 2.26. The van der Waals surface area contributed by atoms with Gasteiger partial charge in [-0.1, -0.05) is 6.07 Å². The molecule has 0 spiro atoms. The van der Waals surface area contributed by atoms with Gasteiger partial charge in [0.2, 0.25) is 0 Å². The van der Waals surface area contributed by atoms with Gasteiger partial charge in [0, 0.05) is 29.4 Å². The van der Waals surface area contributed by atoms with Crippen LogP contribution in [0.3, 0.4) is 0 Å². The standard InChI is InChI=1S/C24H22N2O3/c1-3-28-20-10-11-23-21(13-20)22(26-16-17-5-4-12-25-15-17)14-24(29-23)18-6-8-19(27-2)9-7-18/h4-15H,3,16H2,1-2H3. The fraction of sp³-hybridized carbons (Fsp3) is 0.167. The maximum absolute atomic E-state index is 6.18. The lowest BCUT2D eigenvalue weighted by Crippen LogP contribution is -2.05. The van der Waals surface area contributed by atoms with Crippen LogP contribution in [-0.2, 0) is 6.54 Å². The van der Waals surface area contributed by atoms with E-state index in [1.807, 2.05) is 73.8 Å². The molecule has 2 heterocycles. The fourth-order valence-corrected chi connectivity index (χ4v) is 3.10. The van der Waals surface area contributed by atoms with E-state index >= 15 is 0 Å². The Bertz CT molecular complexity index is 1170. The number of rotatable bonds is 6. The second-order valence-electron chi connectivity index (χ2n) is 6.49. The predicted octanol–water partition coefficient (Wildman–Crippen LogP) is 5.00. The molecule has 2 aromatic heterocycles. The van der Waals surface area contributed by atoms with Crippen molar-refractivity contribution in [1.82, 2.24) is 4.98 Å². The van der Waals surface area contributed by atoms with Gasteiger partial charge in [0.1, 0.15) is 22.8 Å². The summed E-state index contributed by atoms with van der Waals surface area (Å²) in [4.78, 5) is 9.01. The van der Waals surface area contributed by atoms with E-state index in [0.29, 0.717) is 13.2 Å². The number of aromatic nitrogens is 1. The monoisotopic (exact) mass is 386 g/mol. The molecule has 2 aromatic carbocycles. The molecule has 5 nitrogen and oxygen atoms in total. The summed E-state index contributed by atoms with van der Waals surface area (Å²) in [7, 11) is 1.65. The Morgan fingerprint density at radius 3 is 2.55 bits per heavy atom. The fourth-order valence-electron chi connectivity index (χ4n) is 3.10. The van der Waals surface area contributed by atoms with Crippen molar-refractivity contribution in [2.75, 3.05) is 13.7 Å². The lowest BCUT2D eigenvalue weighted by Gasteiger charge is -2.08. The number of ether oxygens (including phenoxy) is 2. The smallest absolute Gasteiger partial charge is 0.137 e. The van der Waals surface area contributed by atoms with Crippen LogP contribution in [0.1, 0.15) is 12.5 Å². The van der Waals surface area contributed by atoms with Crippen molar-refractivity contribution in [2.45, 2.75) is 13.5 Å². The van der Waals surface area contributed by atoms with E-state index < -0.39 is 0 Å². The zero-order valence-corrected chi connectivity index (χ0v) is 16.5. The summed E-state index contributed by atoms with van der Waals surface area (Å²) in [5.74, 6) is 2.34. The quantitative estimate of drug-likeness (QED) is 0.468. The maximum Gasteiger partial charge on any atom is 0.137 e. The minimum atomic E-state index is 0.536. The molecule has 0 bridgehead atoms. The lowest BCUT2D eigenvalue weighted by atomic mass is 10.1. The average Bonchev–Trinajstić information content (AvgIpc) is 2.78. The molecule has 0 unspecified atom stereocenters. The zero-order valence-electron chi connectivity index (χ0n) is 16.5. The minimum absolute atomic E-state index is 0.536. The second-order valence-corrected chi connectivity index (χ2v) is 6.49. The van der Waals surface area contributed by atoms with Gasteiger partial charge in [0.05, 0.1) is 25.6 Å². The molecule has 0 atom stereocenters. The van der Waals surface area contributed by atoms with Crippen molar-refractivity contribution in [2.24, 2.45) is 4.99 Å². The molecule has 0 aliphatic carbocycles. The molecule has 146 valence electrons. The first-order valence-electron chi connectivity index (χ1n) is 9.51. The molecule has 0 amide bonds. The third kappa shape index (κ3) is 4.29. The molecule has 0 saturated carbocycles. The number of fused-ring (bicyclic) bond motifs is 1. The first-order valence-corrected chi connectivity index (χ1v) is 9.51. The molecule has 0 N–H and O–H groups in total. The van der Waals surface area contributed by atoms with Gasteiger partial charge >= 0.3 is 0 Å². The molecule has 0 radical (unpaired) electrons. The Balaban J connectivity index is 1.84. The van der Waals surface area contributed by atoms with E-state index in [9.17, 15) is 0 Å². The van der Waals surface area contributed by atoms with Gasteiger partial charge in [-0.3, -0.25) is 9.98 Å². The molecular weight excluding hydrogens is 364 g/mol. The van der Waals surface area contributed by atoms with Crippen molar-refractivity contribution in [3.63, 3.8) is 0 Å². The van der Waals surface area contributed by atoms with E-state index in [0.717, 1.165) is 44.7 Å². The summed E-state index contributed by atoms with van der Waals surface area (Å²) in [6, 6.07) is 19.5. The van der Waals surface area contributed by atoms with E-state index in [-0.39, 0.29) is 0 Å². The minimum Gasteiger partial charge on any atom is -0.497 e. The Kier molecular flexibility index (Phi) is 5.56. The van der Waals surface area contributed by atoms with Crippen LogP contribution in [0.15, 0.2) is 82.5 Å². The Hall–Kier alpha value is -3.60. The maximum atomic E-state index is 6.18. The van der Waals surface area contributed by atoms with Crippen LogP contribution in [0.4, 0.5) is 0 Å². The molecule has 0 aliphatic rings. The van der Waals surface area contributed by atoms with E-state index in [4.69, 9.17) is 18.9 Å². The molecule has 29 heavy (non-hydrogen) atoms. The molecule has 5 heteroatoms. The number of nitrogens with zero attached hydrogens (tertiary/aromatic N) is 2. The number of hydrogen-bond acceptors (Lipinski definition) is 5. The normalized spacial score (nSPS) is 11.6. The highest BCUT2D eigenvalue weighted by molar-refractivity contribution is 5.80. The Labute approximate surface area is 169 Å². The van der Waals surface area contributed by atoms with Crippen LogP contribution in [-0.4, -0.2) is 18.7 Å². The van der Waals surface area contributed by atoms with Gasteiger partial charge in [-0.15, -0.1) is 0 Å². The first-order chi connectivity index (χ1) is 14.3. The summed E-state index contributed by atoms with van der Waals surface area (Å²) < 4.78 is 17.1. The SMILES string of the molecule is CCOc1ccc2oc(-c3ccc(OC)cc3)cc(=NCc3cccnc3)c2c1. The molecule has 0 saturated heterocycles. The van der Waals surface area contributed by atoms with Crippen LogP contribution in [0, 0.1) is 0 Å². The first kappa shape index (κ1) is 18.7. The Morgan fingerprint density at radius 2 is 1.83 bits per heavy atom. The number of methoxy groups -OCH3 is 1. The summed E-state index contributed by atoms with van der Waals surface area (Å²) in [5.41, 5.74) is 2.76. The van der Waals surface area contributed by atoms with E-state index in [2.05, 4.69) is 4.98 Å². The highest BCUT2D eigenvalue weighted by Gasteiger charge is 2.08. The predicted molar refractivity (Wildman–Crippen MR) is 113 cm³/mol. The van der Waals surface area contributed by atoms with Gasteiger partial charge in [0.15, 0.2) is 0 Å². The summed E-state index contributed by atoms with van der Waals surface area (Å²) in [6.07, 6.45) is 3.59. The van der Waals surface area contributed by atoms with E-state index in [1.165, 1.54) is 0 Å². The number of pyridine rings is 1. The van der Waals surface area contributed by atoms with Gasteiger partial charge in [0.25, 0.3) is 0 Å². The number of hydrogen-bond donors (Lipinski definition) is 0. The summed E-state index contributed by atoms with van der Waals surface area (Å²) in [6.45, 7) is 3.11. The Morgan fingerprint density at radius 1 is 1.00 bits per heavy atom. The van der Waals surface area contributed by atoms with Crippen molar-refractivity contribution in [3.05, 3.63) is 84.0 Å². The molecule has 4 rings (SSSR count). The molecular formula is C24H22N2O3. The highest BCUT2D eigenvalue weighted by atomic mass is 16.5. The number of benzene rings is 2. The zero-order chi connectivity index (χ0) is 20.1. The van der Waals surface area contributed by atoms with Crippen LogP contribution in [0.25, 0.3) is 22.3 Å². The summed E-state index contributed by atoms with van der Waals surface area (Å²) >= 11 is 0. The summed E-state index contributed by atoms with van der Waals surface area (Å²) in [5, 5.41) is 1.76. The van der Waals surface area contributed by atoms with Gasteiger partial charge in [-0.2, -0.15) is 0 Å². The molecule has 0 fully saturated rings.